The van der Waals surface area contributed by atoms with Crippen molar-refractivity contribution in [3.05, 3.63) is 29.8 Å². The molecule has 0 bridgehead atoms. The Morgan fingerprint density at radius 3 is 2.94 bits per heavy atom. The van der Waals surface area contributed by atoms with Crippen molar-refractivity contribution in [3.63, 3.8) is 0 Å². The van der Waals surface area contributed by atoms with E-state index in [1.807, 2.05) is 18.2 Å². The van der Waals surface area contributed by atoms with Crippen LogP contribution in [-0.4, -0.2) is 11.7 Å². The van der Waals surface area contributed by atoms with Crippen molar-refractivity contribution in [2.45, 2.75) is 32.7 Å². The SMILES string of the molecule is CC1CCCC1CNCc1cccc(O)c1. The minimum Gasteiger partial charge on any atom is -0.508 e. The molecule has 2 heteroatoms. The van der Waals surface area contributed by atoms with Crippen LogP contribution in [0, 0.1) is 11.8 Å². The predicted molar refractivity (Wildman–Crippen MR) is 66.3 cm³/mol. The Balaban J connectivity index is 1.75. The molecule has 0 heterocycles. The summed E-state index contributed by atoms with van der Waals surface area (Å²) in [4.78, 5) is 0. The summed E-state index contributed by atoms with van der Waals surface area (Å²) in [7, 11) is 0. The second-order valence-electron chi connectivity index (χ2n) is 4.97. The van der Waals surface area contributed by atoms with Gasteiger partial charge in [-0.15, -0.1) is 0 Å². The fourth-order valence-electron chi connectivity index (χ4n) is 2.59. The third kappa shape index (κ3) is 2.99. The Hall–Kier alpha value is -1.02. The van der Waals surface area contributed by atoms with E-state index in [4.69, 9.17) is 0 Å². The van der Waals surface area contributed by atoms with Gasteiger partial charge in [0.15, 0.2) is 0 Å². The van der Waals surface area contributed by atoms with Crippen LogP contribution in [-0.2, 0) is 6.54 Å². The number of nitrogens with one attached hydrogen (secondary N) is 1. The number of phenolic OH excluding ortho intramolecular Hbond substituents is 1. The van der Waals surface area contributed by atoms with Crippen LogP contribution in [0.15, 0.2) is 24.3 Å². The van der Waals surface area contributed by atoms with Gasteiger partial charge in [0.05, 0.1) is 0 Å². The molecular formula is C14H21NO. The minimum absolute atomic E-state index is 0.355. The van der Waals surface area contributed by atoms with Crippen LogP contribution >= 0.6 is 0 Å². The van der Waals surface area contributed by atoms with E-state index < -0.39 is 0 Å². The Morgan fingerprint density at radius 2 is 2.25 bits per heavy atom. The Bertz CT molecular complexity index is 337. The van der Waals surface area contributed by atoms with E-state index in [1.54, 1.807) is 6.07 Å². The van der Waals surface area contributed by atoms with E-state index >= 15 is 0 Å². The molecule has 16 heavy (non-hydrogen) atoms. The van der Waals surface area contributed by atoms with Crippen molar-refractivity contribution in [2.75, 3.05) is 6.54 Å². The first kappa shape index (κ1) is 11.5. The lowest BCUT2D eigenvalue weighted by Gasteiger charge is -2.15. The van der Waals surface area contributed by atoms with Gasteiger partial charge in [-0.2, -0.15) is 0 Å². The van der Waals surface area contributed by atoms with E-state index in [9.17, 15) is 5.11 Å². The first-order valence-corrected chi connectivity index (χ1v) is 6.24. The highest BCUT2D eigenvalue weighted by molar-refractivity contribution is 5.26. The lowest BCUT2D eigenvalue weighted by molar-refractivity contribution is 0.392. The molecule has 1 aliphatic rings. The predicted octanol–water partition coefficient (Wildman–Crippen LogP) is 2.92. The van der Waals surface area contributed by atoms with E-state index in [1.165, 1.54) is 19.3 Å². The van der Waals surface area contributed by atoms with Crippen LogP contribution < -0.4 is 5.32 Å². The Labute approximate surface area is 97.7 Å². The lowest BCUT2D eigenvalue weighted by Crippen LogP contribution is -2.23. The molecule has 2 rings (SSSR count). The molecule has 0 amide bonds. The largest absolute Gasteiger partial charge is 0.508 e. The molecule has 1 fully saturated rings. The van der Waals surface area contributed by atoms with Gasteiger partial charge in [-0.3, -0.25) is 0 Å². The van der Waals surface area contributed by atoms with Gasteiger partial charge in [0.1, 0.15) is 5.75 Å². The van der Waals surface area contributed by atoms with Crippen molar-refractivity contribution in [1.29, 1.82) is 0 Å². The number of hydrogen-bond donors (Lipinski definition) is 2. The summed E-state index contributed by atoms with van der Waals surface area (Å²) in [6, 6.07) is 7.48. The van der Waals surface area contributed by atoms with Gasteiger partial charge in [-0.05, 0) is 42.5 Å². The van der Waals surface area contributed by atoms with Crippen molar-refractivity contribution < 1.29 is 5.11 Å². The first-order valence-electron chi connectivity index (χ1n) is 6.24. The van der Waals surface area contributed by atoms with Gasteiger partial charge < -0.3 is 10.4 Å². The topological polar surface area (TPSA) is 32.3 Å². The molecule has 0 radical (unpaired) electrons. The molecular weight excluding hydrogens is 198 g/mol. The summed E-state index contributed by atoms with van der Waals surface area (Å²) in [5.41, 5.74) is 1.16. The van der Waals surface area contributed by atoms with Gasteiger partial charge in [-0.1, -0.05) is 31.9 Å². The van der Waals surface area contributed by atoms with Crippen LogP contribution in [0.5, 0.6) is 5.75 Å². The van der Waals surface area contributed by atoms with E-state index in [-0.39, 0.29) is 0 Å². The molecule has 2 nitrogen and oxygen atoms in total. The highest BCUT2D eigenvalue weighted by Gasteiger charge is 2.22. The summed E-state index contributed by atoms with van der Waals surface area (Å²) < 4.78 is 0. The maximum Gasteiger partial charge on any atom is 0.115 e. The zero-order chi connectivity index (χ0) is 11.4. The molecule has 1 saturated carbocycles. The van der Waals surface area contributed by atoms with Crippen LogP contribution in [0.25, 0.3) is 0 Å². The van der Waals surface area contributed by atoms with E-state index in [2.05, 4.69) is 12.2 Å². The Kier molecular flexibility index (Phi) is 3.83. The number of phenols is 1. The van der Waals surface area contributed by atoms with Crippen LogP contribution in [0.2, 0.25) is 0 Å². The zero-order valence-corrected chi connectivity index (χ0v) is 9.95. The quantitative estimate of drug-likeness (QED) is 0.816. The smallest absolute Gasteiger partial charge is 0.115 e. The summed E-state index contributed by atoms with van der Waals surface area (Å²) in [5.74, 6) is 2.07. The number of hydrogen-bond acceptors (Lipinski definition) is 2. The molecule has 2 atom stereocenters. The van der Waals surface area contributed by atoms with Crippen LogP contribution in [0.1, 0.15) is 31.7 Å². The molecule has 88 valence electrons. The van der Waals surface area contributed by atoms with Gasteiger partial charge in [0.2, 0.25) is 0 Å². The maximum absolute atomic E-state index is 9.34. The van der Waals surface area contributed by atoms with Gasteiger partial charge >= 0.3 is 0 Å². The van der Waals surface area contributed by atoms with Crippen molar-refractivity contribution >= 4 is 0 Å². The average molecular weight is 219 g/mol. The van der Waals surface area contributed by atoms with Crippen LogP contribution in [0.4, 0.5) is 0 Å². The third-order valence-electron chi connectivity index (χ3n) is 3.69. The number of benzene rings is 1. The zero-order valence-electron chi connectivity index (χ0n) is 9.95. The maximum atomic E-state index is 9.34. The lowest BCUT2D eigenvalue weighted by atomic mass is 9.98. The Morgan fingerprint density at radius 1 is 1.38 bits per heavy atom. The summed E-state index contributed by atoms with van der Waals surface area (Å²) >= 11 is 0. The molecule has 1 aromatic carbocycles. The van der Waals surface area contributed by atoms with E-state index in [0.29, 0.717) is 5.75 Å². The number of aromatic hydroxyl groups is 1. The highest BCUT2D eigenvalue weighted by Crippen LogP contribution is 2.30. The first-order chi connectivity index (χ1) is 7.75. The summed E-state index contributed by atoms with van der Waals surface area (Å²) in [5, 5.41) is 12.8. The summed E-state index contributed by atoms with van der Waals surface area (Å²) in [6.07, 6.45) is 4.15. The number of rotatable bonds is 4. The molecule has 0 spiro atoms. The normalized spacial score (nSPS) is 24.8. The second kappa shape index (κ2) is 5.35. The molecule has 0 aromatic heterocycles. The van der Waals surface area contributed by atoms with E-state index in [0.717, 1.165) is 30.5 Å². The highest BCUT2D eigenvalue weighted by atomic mass is 16.3. The fraction of sp³-hybridized carbons (Fsp3) is 0.571. The summed E-state index contributed by atoms with van der Waals surface area (Å²) in [6.45, 7) is 4.32. The van der Waals surface area contributed by atoms with Crippen LogP contribution in [0.3, 0.4) is 0 Å². The molecule has 0 aliphatic heterocycles. The van der Waals surface area contributed by atoms with Crippen molar-refractivity contribution in [2.24, 2.45) is 11.8 Å². The molecule has 1 aliphatic carbocycles. The molecule has 2 unspecified atom stereocenters. The fourth-order valence-corrected chi connectivity index (χ4v) is 2.59. The monoisotopic (exact) mass is 219 g/mol. The average Bonchev–Trinajstić information content (AvgIpc) is 2.65. The minimum atomic E-state index is 0.355. The molecule has 2 N–H and O–H groups in total. The molecule has 0 saturated heterocycles. The van der Waals surface area contributed by atoms with Crippen molar-refractivity contribution in [1.82, 2.24) is 5.32 Å². The molecule has 1 aromatic rings. The van der Waals surface area contributed by atoms with Crippen molar-refractivity contribution in [3.8, 4) is 5.75 Å². The standard InChI is InChI=1S/C14H21NO/c1-11-4-2-6-13(11)10-15-9-12-5-3-7-14(16)8-12/h3,5,7-8,11,13,15-16H,2,4,6,9-10H2,1H3. The third-order valence-corrected chi connectivity index (χ3v) is 3.69. The second-order valence-corrected chi connectivity index (χ2v) is 4.97. The van der Waals surface area contributed by atoms with Gasteiger partial charge in [-0.25, -0.2) is 0 Å². The van der Waals surface area contributed by atoms with Gasteiger partial charge in [0, 0.05) is 6.54 Å². The van der Waals surface area contributed by atoms with Gasteiger partial charge in [0.25, 0.3) is 0 Å².